The lowest BCUT2D eigenvalue weighted by molar-refractivity contribution is 0.383. The minimum atomic E-state index is 0.363. The van der Waals surface area contributed by atoms with Crippen molar-refractivity contribution in [3.05, 3.63) is 30.0 Å². The van der Waals surface area contributed by atoms with Gasteiger partial charge in [-0.25, -0.2) is 0 Å². The van der Waals surface area contributed by atoms with Gasteiger partial charge in [-0.05, 0) is 46.1 Å². The number of hydrogen-bond donors (Lipinski definition) is 1. The lowest BCUT2D eigenvalue weighted by atomic mass is 10.2. The molecular weight excluding hydrogens is 212 g/mol. The molecule has 1 aromatic heterocycles. The summed E-state index contributed by atoms with van der Waals surface area (Å²) < 4.78 is 2.29. The highest BCUT2D eigenvalue weighted by Crippen LogP contribution is 2.30. The van der Waals surface area contributed by atoms with Crippen LogP contribution in [0.25, 0.3) is 10.9 Å². The third-order valence-electron chi connectivity index (χ3n) is 2.93. The fourth-order valence-corrected chi connectivity index (χ4v) is 2.35. The topological polar surface area (TPSA) is 28.4 Å². The molecule has 0 amide bonds. The molecule has 1 heterocycles. The SMILES string of the molecule is CC(C)n1c(CN(C)C)cc2c(O)cccc21. The van der Waals surface area contributed by atoms with Gasteiger partial charge in [0.2, 0.25) is 0 Å². The van der Waals surface area contributed by atoms with E-state index in [0.29, 0.717) is 11.8 Å². The van der Waals surface area contributed by atoms with Crippen LogP contribution in [0.4, 0.5) is 0 Å². The fraction of sp³-hybridized carbons (Fsp3) is 0.429. The van der Waals surface area contributed by atoms with Crippen molar-refractivity contribution >= 4 is 10.9 Å². The fourth-order valence-electron chi connectivity index (χ4n) is 2.35. The highest BCUT2D eigenvalue weighted by molar-refractivity contribution is 5.87. The van der Waals surface area contributed by atoms with Crippen LogP contribution in [0.3, 0.4) is 0 Å². The molecule has 3 heteroatoms. The Morgan fingerprint density at radius 2 is 2.00 bits per heavy atom. The maximum atomic E-state index is 9.90. The minimum Gasteiger partial charge on any atom is -0.507 e. The van der Waals surface area contributed by atoms with E-state index in [0.717, 1.165) is 17.4 Å². The molecule has 1 aromatic carbocycles. The molecule has 0 fully saturated rings. The molecule has 92 valence electrons. The molecule has 0 aliphatic heterocycles. The average Bonchev–Trinajstić information content (AvgIpc) is 2.56. The molecule has 0 saturated heterocycles. The Bertz CT molecular complexity index is 526. The Kier molecular flexibility index (Phi) is 3.11. The molecule has 0 bridgehead atoms. The summed E-state index contributed by atoms with van der Waals surface area (Å²) in [7, 11) is 4.12. The number of phenolic OH excluding ortho intramolecular Hbond substituents is 1. The zero-order valence-corrected chi connectivity index (χ0v) is 10.9. The summed E-state index contributed by atoms with van der Waals surface area (Å²) in [6.45, 7) is 5.22. The van der Waals surface area contributed by atoms with E-state index in [1.54, 1.807) is 6.07 Å². The first-order chi connectivity index (χ1) is 8.00. The molecule has 0 spiro atoms. The van der Waals surface area contributed by atoms with Gasteiger partial charge < -0.3 is 14.6 Å². The third kappa shape index (κ3) is 2.15. The van der Waals surface area contributed by atoms with Crippen LogP contribution >= 0.6 is 0 Å². The van der Waals surface area contributed by atoms with Gasteiger partial charge >= 0.3 is 0 Å². The van der Waals surface area contributed by atoms with Gasteiger partial charge in [0.15, 0.2) is 0 Å². The average molecular weight is 232 g/mol. The van der Waals surface area contributed by atoms with Gasteiger partial charge in [-0.2, -0.15) is 0 Å². The van der Waals surface area contributed by atoms with Crippen molar-refractivity contribution in [2.75, 3.05) is 14.1 Å². The van der Waals surface area contributed by atoms with Crippen molar-refractivity contribution in [3.63, 3.8) is 0 Å². The Balaban J connectivity index is 2.66. The third-order valence-corrected chi connectivity index (χ3v) is 2.93. The second-order valence-corrected chi connectivity index (χ2v) is 5.05. The lowest BCUT2D eigenvalue weighted by Crippen LogP contribution is -2.15. The van der Waals surface area contributed by atoms with E-state index in [-0.39, 0.29) is 0 Å². The summed E-state index contributed by atoms with van der Waals surface area (Å²) in [5.41, 5.74) is 2.35. The van der Waals surface area contributed by atoms with Crippen LogP contribution in [0.5, 0.6) is 5.75 Å². The number of benzene rings is 1. The largest absolute Gasteiger partial charge is 0.507 e. The molecule has 2 rings (SSSR count). The van der Waals surface area contributed by atoms with Crippen LogP contribution in [0.2, 0.25) is 0 Å². The van der Waals surface area contributed by atoms with Crippen LogP contribution in [-0.4, -0.2) is 28.7 Å². The number of nitrogens with zero attached hydrogens (tertiary/aromatic N) is 2. The first-order valence-electron chi connectivity index (χ1n) is 5.97. The van der Waals surface area contributed by atoms with Crippen LogP contribution in [0.15, 0.2) is 24.3 Å². The van der Waals surface area contributed by atoms with Crippen molar-refractivity contribution in [3.8, 4) is 5.75 Å². The molecule has 0 saturated carbocycles. The second kappa shape index (κ2) is 4.41. The van der Waals surface area contributed by atoms with Crippen LogP contribution in [-0.2, 0) is 6.54 Å². The van der Waals surface area contributed by atoms with E-state index in [9.17, 15) is 5.11 Å². The monoisotopic (exact) mass is 232 g/mol. The molecule has 2 aromatic rings. The standard InChI is InChI=1S/C14H20N2O/c1-10(2)16-11(9-15(3)4)8-12-13(16)6-5-7-14(12)17/h5-8,10,17H,9H2,1-4H3. The summed E-state index contributed by atoms with van der Waals surface area (Å²) in [6, 6.07) is 8.19. The summed E-state index contributed by atoms with van der Waals surface area (Å²) in [5, 5.41) is 10.8. The number of fused-ring (bicyclic) bond motifs is 1. The second-order valence-electron chi connectivity index (χ2n) is 5.05. The van der Waals surface area contributed by atoms with Gasteiger partial charge in [0.25, 0.3) is 0 Å². The van der Waals surface area contributed by atoms with Crippen molar-refractivity contribution in [1.82, 2.24) is 9.47 Å². The molecule has 3 nitrogen and oxygen atoms in total. The zero-order chi connectivity index (χ0) is 12.6. The maximum Gasteiger partial charge on any atom is 0.124 e. The molecule has 17 heavy (non-hydrogen) atoms. The van der Waals surface area contributed by atoms with Gasteiger partial charge in [0, 0.05) is 23.7 Å². The number of aromatic hydroxyl groups is 1. The smallest absolute Gasteiger partial charge is 0.124 e. The van der Waals surface area contributed by atoms with E-state index in [1.165, 1.54) is 5.69 Å². The van der Waals surface area contributed by atoms with E-state index in [2.05, 4.69) is 49.5 Å². The summed E-state index contributed by atoms with van der Waals surface area (Å²) in [4.78, 5) is 2.14. The Hall–Kier alpha value is -1.48. The maximum absolute atomic E-state index is 9.90. The van der Waals surface area contributed by atoms with E-state index in [1.807, 2.05) is 6.07 Å². The normalized spacial score (nSPS) is 11.9. The molecule has 0 atom stereocenters. The van der Waals surface area contributed by atoms with Crippen molar-refractivity contribution in [2.24, 2.45) is 0 Å². The number of aromatic nitrogens is 1. The van der Waals surface area contributed by atoms with Crippen LogP contribution in [0.1, 0.15) is 25.6 Å². The van der Waals surface area contributed by atoms with Gasteiger partial charge in [-0.15, -0.1) is 0 Å². The van der Waals surface area contributed by atoms with Crippen molar-refractivity contribution in [1.29, 1.82) is 0 Å². The van der Waals surface area contributed by atoms with Crippen LogP contribution in [0, 0.1) is 0 Å². The number of hydrogen-bond acceptors (Lipinski definition) is 2. The molecule has 0 unspecified atom stereocenters. The predicted octanol–water partition coefficient (Wildman–Crippen LogP) is 2.99. The highest BCUT2D eigenvalue weighted by atomic mass is 16.3. The Morgan fingerprint density at radius 3 is 2.59 bits per heavy atom. The van der Waals surface area contributed by atoms with Gasteiger partial charge in [0.05, 0.1) is 5.52 Å². The van der Waals surface area contributed by atoms with E-state index < -0.39 is 0 Å². The highest BCUT2D eigenvalue weighted by Gasteiger charge is 2.13. The lowest BCUT2D eigenvalue weighted by Gasteiger charge is -2.17. The van der Waals surface area contributed by atoms with E-state index >= 15 is 0 Å². The first-order valence-corrected chi connectivity index (χ1v) is 5.97. The van der Waals surface area contributed by atoms with Crippen molar-refractivity contribution in [2.45, 2.75) is 26.4 Å². The van der Waals surface area contributed by atoms with E-state index in [4.69, 9.17) is 0 Å². The Morgan fingerprint density at radius 1 is 1.29 bits per heavy atom. The summed E-state index contributed by atoms with van der Waals surface area (Å²) in [6.07, 6.45) is 0. The number of rotatable bonds is 3. The minimum absolute atomic E-state index is 0.363. The quantitative estimate of drug-likeness (QED) is 0.881. The molecule has 0 radical (unpaired) electrons. The zero-order valence-electron chi connectivity index (χ0n) is 10.9. The van der Waals surface area contributed by atoms with Crippen LogP contribution < -0.4 is 0 Å². The molecule has 0 aliphatic rings. The molecule has 1 N–H and O–H groups in total. The first kappa shape index (κ1) is 12.0. The summed E-state index contributed by atoms with van der Waals surface area (Å²) in [5.74, 6) is 0.363. The molecule has 0 aliphatic carbocycles. The predicted molar refractivity (Wildman–Crippen MR) is 71.4 cm³/mol. The van der Waals surface area contributed by atoms with Crippen molar-refractivity contribution < 1.29 is 5.11 Å². The van der Waals surface area contributed by atoms with Gasteiger partial charge in [-0.3, -0.25) is 0 Å². The van der Waals surface area contributed by atoms with Gasteiger partial charge in [-0.1, -0.05) is 6.07 Å². The Labute approximate surface area is 102 Å². The van der Waals surface area contributed by atoms with Gasteiger partial charge in [0.1, 0.15) is 5.75 Å². The number of phenols is 1. The summed E-state index contributed by atoms with van der Waals surface area (Å²) >= 11 is 0. The molecular formula is C14H20N2O.